The largest absolute Gasteiger partial charge is 0.497 e. The number of hydrogen-bond donors (Lipinski definition) is 2. The summed E-state index contributed by atoms with van der Waals surface area (Å²) in [7, 11) is 1.68. The number of carbonyl (C=O) groups excluding carboxylic acids is 1. The zero-order valence-corrected chi connectivity index (χ0v) is 18.2. The highest BCUT2D eigenvalue weighted by Gasteiger charge is 2.17. The fourth-order valence-corrected chi connectivity index (χ4v) is 4.25. The van der Waals surface area contributed by atoms with Crippen LogP contribution in [0.3, 0.4) is 0 Å². The Morgan fingerprint density at radius 1 is 1.20 bits per heavy atom. The van der Waals surface area contributed by atoms with E-state index in [1.54, 1.807) is 13.3 Å². The Morgan fingerprint density at radius 3 is 2.70 bits per heavy atom. The van der Waals surface area contributed by atoms with Crippen LogP contribution in [0, 0.1) is 0 Å². The number of methoxy groups -OCH3 is 1. The Bertz CT molecular complexity index is 1010. The van der Waals surface area contributed by atoms with E-state index in [1.165, 1.54) is 5.69 Å². The molecule has 2 aliphatic rings. The van der Waals surface area contributed by atoms with Gasteiger partial charge in [-0.25, -0.2) is 0 Å². The number of thiol groups is 1. The molecule has 158 valence electrons. The molecule has 7 heteroatoms. The lowest BCUT2D eigenvalue weighted by molar-refractivity contribution is 0.0947. The number of ether oxygens (including phenoxy) is 1. The summed E-state index contributed by atoms with van der Waals surface area (Å²) in [6.45, 7) is 5.41. The summed E-state index contributed by atoms with van der Waals surface area (Å²) in [5.74, 6) is 0.811. The van der Waals surface area contributed by atoms with Crippen LogP contribution >= 0.6 is 12.6 Å². The molecule has 1 aromatic heterocycles. The lowest BCUT2D eigenvalue weighted by atomic mass is 10.1. The van der Waals surface area contributed by atoms with Gasteiger partial charge in [-0.05, 0) is 48.4 Å². The van der Waals surface area contributed by atoms with E-state index < -0.39 is 0 Å². The number of carbonyl (C=O) groups is 1. The van der Waals surface area contributed by atoms with E-state index in [4.69, 9.17) is 4.74 Å². The quantitative estimate of drug-likeness (QED) is 0.684. The second-order valence-corrected chi connectivity index (χ2v) is 8.17. The summed E-state index contributed by atoms with van der Waals surface area (Å²) in [4.78, 5) is 22.7. The molecule has 4 rings (SSSR count). The number of piperazine rings is 1. The molecule has 2 heterocycles. The summed E-state index contributed by atoms with van der Waals surface area (Å²) in [5, 5.41) is 4.94. The third-order valence-electron chi connectivity index (χ3n) is 5.72. The first-order chi connectivity index (χ1) is 14.6. The predicted octanol–water partition coefficient (Wildman–Crippen LogP) is 1.25. The summed E-state index contributed by atoms with van der Waals surface area (Å²) < 4.78 is 5.23. The lowest BCUT2D eigenvalue weighted by Crippen LogP contribution is -2.48. The second kappa shape index (κ2) is 9.53. The van der Waals surface area contributed by atoms with Gasteiger partial charge in [0.25, 0.3) is 5.91 Å². The number of amides is 1. The highest BCUT2D eigenvalue weighted by molar-refractivity contribution is 7.90. The Morgan fingerprint density at radius 2 is 1.97 bits per heavy atom. The average molecular weight is 425 g/mol. The van der Waals surface area contributed by atoms with Crippen molar-refractivity contribution < 1.29 is 9.53 Å². The van der Waals surface area contributed by atoms with Gasteiger partial charge in [0.15, 0.2) is 0 Å². The van der Waals surface area contributed by atoms with Crippen LogP contribution in [0.1, 0.15) is 23.2 Å². The fourth-order valence-electron chi connectivity index (χ4n) is 3.94. The molecule has 0 unspecified atom stereocenters. The van der Waals surface area contributed by atoms with Gasteiger partial charge in [-0.3, -0.25) is 14.7 Å². The van der Waals surface area contributed by atoms with Crippen molar-refractivity contribution in [1.82, 2.24) is 15.2 Å². The molecule has 1 amide bonds. The minimum atomic E-state index is -0.0677. The topological polar surface area (TPSA) is 57.7 Å². The zero-order valence-electron chi connectivity index (χ0n) is 17.3. The van der Waals surface area contributed by atoms with Crippen molar-refractivity contribution in [2.75, 3.05) is 51.3 Å². The third-order valence-corrected chi connectivity index (χ3v) is 6.16. The average Bonchev–Trinajstić information content (AvgIpc) is 2.79. The van der Waals surface area contributed by atoms with Gasteiger partial charge < -0.3 is 15.0 Å². The van der Waals surface area contributed by atoms with E-state index in [0.717, 1.165) is 66.8 Å². The van der Waals surface area contributed by atoms with Gasteiger partial charge in [0.1, 0.15) is 5.75 Å². The number of pyridine rings is 1. The summed E-state index contributed by atoms with van der Waals surface area (Å²) in [6.07, 6.45) is 5.64. The summed E-state index contributed by atoms with van der Waals surface area (Å²) in [5.41, 5.74) is 1.83. The smallest absolute Gasteiger partial charge is 0.252 e. The van der Waals surface area contributed by atoms with E-state index in [-0.39, 0.29) is 5.91 Å². The van der Waals surface area contributed by atoms with Crippen LogP contribution in [0.25, 0.3) is 11.0 Å². The summed E-state index contributed by atoms with van der Waals surface area (Å²) >= 11 is 4.50. The van der Waals surface area contributed by atoms with Crippen LogP contribution in [-0.2, 0) is 0 Å². The van der Waals surface area contributed by atoms with Crippen molar-refractivity contribution in [2.45, 2.75) is 12.8 Å². The molecule has 1 N–H and O–H groups in total. The molecule has 0 spiro atoms. The van der Waals surface area contributed by atoms with Crippen LogP contribution in [-0.4, -0.2) is 62.2 Å². The van der Waals surface area contributed by atoms with Crippen molar-refractivity contribution >= 4 is 35.2 Å². The van der Waals surface area contributed by atoms with Crippen molar-refractivity contribution in [3.8, 4) is 5.75 Å². The highest BCUT2D eigenvalue weighted by atomic mass is 32.1. The molecule has 0 atom stereocenters. The van der Waals surface area contributed by atoms with E-state index >= 15 is 0 Å². The normalized spacial score (nSPS) is 16.6. The monoisotopic (exact) mass is 424 g/mol. The molecule has 6 nitrogen and oxygen atoms in total. The zero-order chi connectivity index (χ0) is 20.9. The van der Waals surface area contributed by atoms with E-state index in [9.17, 15) is 4.79 Å². The molecular weight excluding hydrogens is 396 g/mol. The first-order valence-corrected chi connectivity index (χ1v) is 10.9. The Balaban J connectivity index is 1.24. The van der Waals surface area contributed by atoms with Crippen molar-refractivity contribution in [3.63, 3.8) is 0 Å². The number of anilines is 1. The van der Waals surface area contributed by atoms with Gasteiger partial charge in [-0.2, -0.15) is 0 Å². The van der Waals surface area contributed by atoms with E-state index in [0.29, 0.717) is 12.1 Å². The van der Waals surface area contributed by atoms with Crippen LogP contribution < -0.4 is 25.5 Å². The Labute approximate surface area is 182 Å². The second-order valence-electron chi connectivity index (χ2n) is 7.63. The van der Waals surface area contributed by atoms with Crippen LogP contribution in [0.4, 0.5) is 5.69 Å². The van der Waals surface area contributed by atoms with Crippen LogP contribution in [0.2, 0.25) is 0 Å². The minimum Gasteiger partial charge on any atom is -0.497 e. The van der Waals surface area contributed by atoms with Gasteiger partial charge in [-0.1, -0.05) is 6.08 Å². The van der Waals surface area contributed by atoms with Gasteiger partial charge in [0, 0.05) is 56.1 Å². The Kier molecular flexibility index (Phi) is 6.59. The minimum absolute atomic E-state index is 0.0677. The number of rotatable bonds is 6. The maximum absolute atomic E-state index is 12.5. The summed E-state index contributed by atoms with van der Waals surface area (Å²) in [6, 6.07) is 10.1. The molecule has 1 saturated heterocycles. The van der Waals surface area contributed by atoms with E-state index in [2.05, 4.69) is 50.9 Å². The maximum Gasteiger partial charge on any atom is 0.252 e. The molecule has 1 aliphatic heterocycles. The molecule has 1 aromatic carbocycles. The molecule has 1 fully saturated rings. The van der Waals surface area contributed by atoms with Gasteiger partial charge >= 0.3 is 0 Å². The fraction of sp³-hybridized carbons (Fsp3) is 0.391. The van der Waals surface area contributed by atoms with Crippen molar-refractivity contribution in [1.29, 1.82) is 0 Å². The lowest BCUT2D eigenvalue weighted by Gasteiger charge is -2.36. The van der Waals surface area contributed by atoms with Gasteiger partial charge in [-0.15, -0.1) is 12.6 Å². The van der Waals surface area contributed by atoms with Crippen molar-refractivity contribution in [2.24, 2.45) is 0 Å². The molecule has 0 radical (unpaired) electrons. The Hall–Kier alpha value is -2.51. The van der Waals surface area contributed by atoms with Crippen molar-refractivity contribution in [3.05, 3.63) is 52.7 Å². The first kappa shape index (κ1) is 20.8. The number of nitrogens with zero attached hydrogens (tertiary/aromatic N) is 3. The van der Waals surface area contributed by atoms with Gasteiger partial charge in [0.05, 0.1) is 18.0 Å². The van der Waals surface area contributed by atoms with Crippen LogP contribution in [0.15, 0.2) is 36.5 Å². The molecule has 0 saturated carbocycles. The number of aromatic nitrogens is 1. The molecule has 1 aliphatic carbocycles. The first-order valence-electron chi connectivity index (χ1n) is 10.4. The molecule has 2 aromatic rings. The molecule has 30 heavy (non-hydrogen) atoms. The van der Waals surface area contributed by atoms with Gasteiger partial charge in [0.2, 0.25) is 0 Å². The standard InChI is InChI=1S/C23H28N4O2S/c1-29-20-7-5-19(6-8-20)27-13-11-26(12-14-27)10-9-24-23(28)18-15-17-3-2-4-21(30)22(17)25-16-18/h3,5-8,15-16,30H,2,4,9-14H2,1H3,(H,24,28). The predicted molar refractivity (Wildman–Crippen MR) is 124 cm³/mol. The number of benzene rings is 1. The molecular formula is C23H28N4O2S. The third kappa shape index (κ3) is 4.79. The van der Waals surface area contributed by atoms with Crippen LogP contribution in [0.5, 0.6) is 5.75 Å². The number of hydrogen-bond acceptors (Lipinski definition) is 6. The number of fused-ring (bicyclic) bond motifs is 1. The van der Waals surface area contributed by atoms with E-state index in [1.807, 2.05) is 18.2 Å². The number of nitrogens with one attached hydrogen (secondary N) is 1. The molecule has 0 bridgehead atoms. The highest BCUT2D eigenvalue weighted by Crippen LogP contribution is 2.20. The SMILES string of the molecule is COc1ccc(N2CCN(CCNC(=O)c3cnc4c(c3)=CCCC=4S)CC2)cc1. The maximum atomic E-state index is 12.5.